The molecule has 0 saturated heterocycles. The molecular formula is C12H9ClFIN2. The molecule has 1 N–H and O–H groups in total. The molecule has 1 heterocycles. The summed E-state index contributed by atoms with van der Waals surface area (Å²) in [6.07, 6.45) is 1.45. The molecule has 0 radical (unpaired) electrons. The van der Waals surface area contributed by atoms with Gasteiger partial charge in [-0.25, -0.2) is 4.98 Å². The first kappa shape index (κ1) is 12.6. The lowest BCUT2D eigenvalue weighted by atomic mass is 10.2. The van der Waals surface area contributed by atoms with Crippen LogP contribution < -0.4 is 5.32 Å². The van der Waals surface area contributed by atoms with Crippen LogP contribution in [0, 0.1) is 9.52 Å². The Hall–Kier alpha value is -0.880. The van der Waals surface area contributed by atoms with Crippen molar-refractivity contribution in [2.45, 2.75) is 6.54 Å². The Kier molecular flexibility index (Phi) is 4.17. The lowest BCUT2D eigenvalue weighted by Gasteiger charge is -2.10. The average Bonchev–Trinajstić information content (AvgIpc) is 2.35. The first-order valence-electron chi connectivity index (χ1n) is 4.96. The number of anilines is 1. The number of aromatic nitrogens is 1. The van der Waals surface area contributed by atoms with Crippen LogP contribution in [0.15, 0.2) is 36.5 Å². The summed E-state index contributed by atoms with van der Waals surface area (Å²) in [7, 11) is 0. The molecule has 2 nitrogen and oxygen atoms in total. The minimum absolute atomic E-state index is 0.0350. The van der Waals surface area contributed by atoms with Gasteiger partial charge in [0.25, 0.3) is 0 Å². The maximum Gasteiger partial charge on any atom is 0.233 e. The van der Waals surface area contributed by atoms with Crippen molar-refractivity contribution < 1.29 is 4.39 Å². The molecule has 0 aliphatic heterocycles. The quantitative estimate of drug-likeness (QED) is 0.657. The molecule has 88 valence electrons. The van der Waals surface area contributed by atoms with Gasteiger partial charge in [0.15, 0.2) is 0 Å². The van der Waals surface area contributed by atoms with E-state index in [1.807, 2.05) is 30.3 Å². The van der Waals surface area contributed by atoms with Crippen LogP contribution in [0.1, 0.15) is 5.56 Å². The van der Waals surface area contributed by atoms with E-state index in [0.29, 0.717) is 12.2 Å². The van der Waals surface area contributed by atoms with E-state index in [0.717, 1.165) is 9.13 Å². The van der Waals surface area contributed by atoms with Crippen LogP contribution in [0.25, 0.3) is 0 Å². The number of hydrogen-bond acceptors (Lipinski definition) is 2. The molecule has 0 aliphatic rings. The second-order valence-electron chi connectivity index (χ2n) is 3.43. The molecule has 2 rings (SSSR count). The van der Waals surface area contributed by atoms with Gasteiger partial charge in [-0.15, -0.1) is 0 Å². The lowest BCUT2D eigenvalue weighted by molar-refractivity contribution is 0.584. The molecule has 0 spiro atoms. The monoisotopic (exact) mass is 362 g/mol. The maximum atomic E-state index is 13.2. The first-order chi connectivity index (χ1) is 8.18. The van der Waals surface area contributed by atoms with Crippen molar-refractivity contribution in [2.24, 2.45) is 0 Å². The van der Waals surface area contributed by atoms with Crippen LogP contribution in [0.3, 0.4) is 0 Å². The molecule has 0 unspecified atom stereocenters. The van der Waals surface area contributed by atoms with E-state index < -0.39 is 5.95 Å². The molecular weight excluding hydrogens is 354 g/mol. The third-order valence-electron chi connectivity index (χ3n) is 2.24. The zero-order valence-corrected chi connectivity index (χ0v) is 11.7. The molecule has 2 aromatic rings. The van der Waals surface area contributed by atoms with Gasteiger partial charge < -0.3 is 5.32 Å². The molecule has 1 aromatic carbocycles. The molecule has 5 heteroatoms. The Balaban J connectivity index is 2.17. The van der Waals surface area contributed by atoms with Gasteiger partial charge >= 0.3 is 0 Å². The Morgan fingerprint density at radius 1 is 1.29 bits per heavy atom. The van der Waals surface area contributed by atoms with Gasteiger partial charge in [0.1, 0.15) is 5.02 Å². The zero-order valence-electron chi connectivity index (χ0n) is 8.75. The second-order valence-corrected chi connectivity index (χ2v) is 4.97. The minimum atomic E-state index is -0.650. The fourth-order valence-electron chi connectivity index (χ4n) is 1.39. The third-order valence-corrected chi connectivity index (χ3v) is 3.41. The van der Waals surface area contributed by atoms with Crippen molar-refractivity contribution in [3.63, 3.8) is 0 Å². The van der Waals surface area contributed by atoms with E-state index in [-0.39, 0.29) is 5.02 Å². The van der Waals surface area contributed by atoms with E-state index in [4.69, 9.17) is 11.6 Å². The molecule has 0 amide bonds. The van der Waals surface area contributed by atoms with E-state index in [9.17, 15) is 4.39 Å². The van der Waals surface area contributed by atoms with E-state index in [2.05, 4.69) is 32.9 Å². The van der Waals surface area contributed by atoms with Crippen molar-refractivity contribution in [1.82, 2.24) is 4.98 Å². The third kappa shape index (κ3) is 3.07. The van der Waals surface area contributed by atoms with Gasteiger partial charge in [-0.2, -0.15) is 4.39 Å². The highest BCUT2D eigenvalue weighted by Crippen LogP contribution is 2.28. The number of nitrogens with zero attached hydrogens (tertiary/aromatic N) is 1. The smallest absolute Gasteiger partial charge is 0.233 e. The molecule has 0 bridgehead atoms. The maximum absolute atomic E-state index is 13.2. The minimum Gasteiger partial charge on any atom is -0.379 e. The molecule has 0 saturated carbocycles. The number of halogens is 3. The van der Waals surface area contributed by atoms with Gasteiger partial charge in [0.05, 0.1) is 9.26 Å². The van der Waals surface area contributed by atoms with Gasteiger partial charge in [0.2, 0.25) is 5.95 Å². The predicted molar refractivity (Wildman–Crippen MR) is 75.7 cm³/mol. The van der Waals surface area contributed by atoms with Crippen LogP contribution >= 0.6 is 34.2 Å². The summed E-state index contributed by atoms with van der Waals surface area (Å²) in [5.74, 6) is -0.650. The standard InChI is InChI=1S/C12H9ClFIN2/c13-10-11(9(15)7-17-12(10)14)16-6-8-4-2-1-3-5-8/h1-5,7H,6H2,(H,16,17). The summed E-state index contributed by atoms with van der Waals surface area (Å²) < 4.78 is 14.0. The highest BCUT2D eigenvalue weighted by Gasteiger charge is 2.11. The fraction of sp³-hybridized carbons (Fsp3) is 0.0833. The highest BCUT2D eigenvalue weighted by molar-refractivity contribution is 14.1. The normalized spacial score (nSPS) is 10.3. The van der Waals surface area contributed by atoms with Crippen molar-refractivity contribution in [3.8, 4) is 0 Å². The molecule has 0 fully saturated rings. The van der Waals surface area contributed by atoms with Crippen LogP contribution in [0.4, 0.5) is 10.1 Å². The predicted octanol–water partition coefficient (Wildman–Crippen LogP) is 4.09. The average molecular weight is 363 g/mol. The Morgan fingerprint density at radius 2 is 2.00 bits per heavy atom. The molecule has 0 aliphatic carbocycles. The van der Waals surface area contributed by atoms with Gasteiger partial charge in [0, 0.05) is 12.7 Å². The zero-order chi connectivity index (χ0) is 12.3. The fourth-order valence-corrected chi connectivity index (χ4v) is 2.37. The van der Waals surface area contributed by atoms with E-state index in [1.54, 1.807) is 0 Å². The highest BCUT2D eigenvalue weighted by atomic mass is 127. The number of pyridine rings is 1. The molecule has 17 heavy (non-hydrogen) atoms. The van der Waals surface area contributed by atoms with Crippen molar-refractivity contribution in [2.75, 3.05) is 5.32 Å². The Morgan fingerprint density at radius 3 is 2.71 bits per heavy atom. The number of benzene rings is 1. The van der Waals surface area contributed by atoms with Crippen molar-refractivity contribution >= 4 is 39.9 Å². The lowest BCUT2D eigenvalue weighted by Crippen LogP contribution is -2.03. The number of rotatable bonds is 3. The molecule has 1 aromatic heterocycles. The van der Waals surface area contributed by atoms with Gasteiger partial charge in [-0.3, -0.25) is 0 Å². The van der Waals surface area contributed by atoms with Crippen molar-refractivity contribution in [1.29, 1.82) is 0 Å². The summed E-state index contributed by atoms with van der Waals surface area (Å²) in [6, 6.07) is 9.84. The summed E-state index contributed by atoms with van der Waals surface area (Å²) in [4.78, 5) is 3.55. The summed E-state index contributed by atoms with van der Waals surface area (Å²) in [5, 5.41) is 3.15. The van der Waals surface area contributed by atoms with Crippen LogP contribution in [0.5, 0.6) is 0 Å². The topological polar surface area (TPSA) is 24.9 Å². The molecule has 0 atom stereocenters. The summed E-state index contributed by atoms with van der Waals surface area (Å²) >= 11 is 7.93. The van der Waals surface area contributed by atoms with Crippen LogP contribution in [-0.4, -0.2) is 4.98 Å². The number of nitrogens with one attached hydrogen (secondary N) is 1. The summed E-state index contributed by atoms with van der Waals surface area (Å²) in [6.45, 7) is 0.597. The largest absolute Gasteiger partial charge is 0.379 e. The van der Waals surface area contributed by atoms with Crippen LogP contribution in [0.2, 0.25) is 5.02 Å². The first-order valence-corrected chi connectivity index (χ1v) is 6.41. The SMILES string of the molecule is Fc1ncc(I)c(NCc2ccccc2)c1Cl. The van der Waals surface area contributed by atoms with Gasteiger partial charge in [-0.1, -0.05) is 41.9 Å². The number of hydrogen-bond donors (Lipinski definition) is 1. The van der Waals surface area contributed by atoms with Crippen molar-refractivity contribution in [3.05, 3.63) is 56.6 Å². The van der Waals surface area contributed by atoms with E-state index >= 15 is 0 Å². The Bertz CT molecular complexity index is 519. The second kappa shape index (κ2) is 5.64. The van der Waals surface area contributed by atoms with Crippen LogP contribution in [-0.2, 0) is 6.54 Å². The summed E-state index contributed by atoms with van der Waals surface area (Å²) in [5.41, 5.74) is 1.69. The Labute approximate surface area is 117 Å². The van der Waals surface area contributed by atoms with E-state index in [1.165, 1.54) is 6.20 Å². The van der Waals surface area contributed by atoms with Gasteiger partial charge in [-0.05, 0) is 28.2 Å².